The summed E-state index contributed by atoms with van der Waals surface area (Å²) in [6.07, 6.45) is 6.96. The Labute approximate surface area is 133 Å². The van der Waals surface area contributed by atoms with Gasteiger partial charge in [0.2, 0.25) is 10.0 Å². The van der Waals surface area contributed by atoms with Gasteiger partial charge in [-0.1, -0.05) is 39.0 Å². The lowest BCUT2D eigenvalue weighted by molar-refractivity contribution is 0.569. The van der Waals surface area contributed by atoms with E-state index in [1.165, 1.54) is 37.0 Å². The molecule has 0 aliphatic rings. The van der Waals surface area contributed by atoms with Crippen LogP contribution in [0.2, 0.25) is 0 Å². The van der Waals surface area contributed by atoms with Gasteiger partial charge in [-0.3, -0.25) is 0 Å². The smallest absolute Gasteiger partial charge is 0.250 e. The second kappa shape index (κ2) is 9.56. The van der Waals surface area contributed by atoms with Crippen LogP contribution >= 0.6 is 11.3 Å². The van der Waals surface area contributed by atoms with Gasteiger partial charge < -0.3 is 5.32 Å². The van der Waals surface area contributed by atoms with Crippen molar-refractivity contribution in [2.75, 3.05) is 13.6 Å². The molecule has 1 heterocycles. The van der Waals surface area contributed by atoms with Gasteiger partial charge in [0.15, 0.2) is 0 Å². The molecule has 0 saturated carbocycles. The molecule has 0 unspecified atom stereocenters. The molecule has 1 aromatic rings. The molecule has 1 rings (SSSR count). The largest absolute Gasteiger partial charge is 0.315 e. The van der Waals surface area contributed by atoms with Gasteiger partial charge >= 0.3 is 0 Å². The first kappa shape index (κ1) is 18.6. The van der Waals surface area contributed by atoms with E-state index in [4.69, 9.17) is 0 Å². The quantitative estimate of drug-likeness (QED) is 0.611. The highest BCUT2D eigenvalue weighted by molar-refractivity contribution is 7.91. The third-order valence-electron chi connectivity index (χ3n) is 3.42. The van der Waals surface area contributed by atoms with Crippen LogP contribution in [0.4, 0.5) is 0 Å². The van der Waals surface area contributed by atoms with Gasteiger partial charge in [-0.25, -0.2) is 13.1 Å². The Balaban J connectivity index is 2.41. The Hall–Kier alpha value is -0.430. The Morgan fingerprint density at radius 3 is 2.48 bits per heavy atom. The minimum absolute atomic E-state index is 0.427. The molecule has 122 valence electrons. The van der Waals surface area contributed by atoms with E-state index < -0.39 is 10.0 Å². The zero-order valence-corrected chi connectivity index (χ0v) is 15.0. The summed E-state index contributed by atoms with van der Waals surface area (Å²) in [6.45, 7) is 5.39. The van der Waals surface area contributed by atoms with Gasteiger partial charge in [-0.2, -0.15) is 0 Å². The number of hydrogen-bond donors (Lipinski definition) is 2. The molecule has 21 heavy (non-hydrogen) atoms. The fraction of sp³-hybridized carbons (Fsp3) is 0.733. The molecule has 2 N–H and O–H groups in total. The van der Waals surface area contributed by atoms with E-state index in [0.717, 1.165) is 23.3 Å². The number of thiophene rings is 1. The summed E-state index contributed by atoms with van der Waals surface area (Å²) in [5.41, 5.74) is 1.04. The first-order valence-electron chi connectivity index (χ1n) is 7.74. The SMILES string of the molecule is CCCCCCCCNS(=O)(=O)c1cc(C)c(CNC)s1. The molecule has 0 bridgehead atoms. The lowest BCUT2D eigenvalue weighted by Crippen LogP contribution is -2.24. The van der Waals surface area contributed by atoms with Crippen LogP contribution in [-0.4, -0.2) is 22.0 Å². The maximum absolute atomic E-state index is 12.2. The first-order valence-corrected chi connectivity index (χ1v) is 10.0. The van der Waals surface area contributed by atoms with Crippen LogP contribution in [0.1, 0.15) is 55.9 Å². The van der Waals surface area contributed by atoms with Crippen LogP contribution in [0.5, 0.6) is 0 Å². The minimum atomic E-state index is -3.34. The van der Waals surface area contributed by atoms with Crippen LogP contribution in [0.25, 0.3) is 0 Å². The Bertz CT molecular complexity index is 510. The monoisotopic (exact) mass is 332 g/mol. The van der Waals surface area contributed by atoms with E-state index in [9.17, 15) is 8.42 Å². The third kappa shape index (κ3) is 6.46. The number of aryl methyl sites for hydroxylation is 1. The lowest BCUT2D eigenvalue weighted by atomic mass is 10.1. The van der Waals surface area contributed by atoms with Crippen molar-refractivity contribution in [3.8, 4) is 0 Å². The summed E-state index contributed by atoms with van der Waals surface area (Å²) in [5.74, 6) is 0. The maximum Gasteiger partial charge on any atom is 0.250 e. The predicted octanol–water partition coefficient (Wildman–Crippen LogP) is 3.41. The standard InChI is InChI=1S/C15H28N2O2S2/c1-4-5-6-7-8-9-10-17-21(18,19)15-11-13(2)14(20-15)12-16-3/h11,16-17H,4-10,12H2,1-3H3. The van der Waals surface area contributed by atoms with Crippen molar-refractivity contribution in [3.05, 3.63) is 16.5 Å². The number of sulfonamides is 1. The topological polar surface area (TPSA) is 58.2 Å². The van der Waals surface area contributed by atoms with Crippen molar-refractivity contribution in [2.45, 2.75) is 63.1 Å². The van der Waals surface area contributed by atoms with Crippen molar-refractivity contribution >= 4 is 21.4 Å². The van der Waals surface area contributed by atoms with E-state index in [1.807, 2.05) is 14.0 Å². The Kier molecular flexibility index (Phi) is 8.48. The van der Waals surface area contributed by atoms with Crippen LogP contribution in [0.15, 0.2) is 10.3 Å². The Morgan fingerprint density at radius 1 is 1.14 bits per heavy atom. The van der Waals surface area contributed by atoms with Crippen LogP contribution < -0.4 is 10.0 Å². The molecule has 0 aromatic carbocycles. The molecule has 0 radical (unpaired) electrons. The van der Waals surface area contributed by atoms with Crippen molar-refractivity contribution in [1.82, 2.24) is 10.0 Å². The fourth-order valence-electron chi connectivity index (χ4n) is 2.14. The van der Waals surface area contributed by atoms with Gasteiger partial charge in [0.1, 0.15) is 4.21 Å². The zero-order valence-electron chi connectivity index (χ0n) is 13.4. The van der Waals surface area contributed by atoms with Crippen molar-refractivity contribution in [2.24, 2.45) is 0 Å². The summed E-state index contributed by atoms with van der Waals surface area (Å²) in [4.78, 5) is 1.08. The maximum atomic E-state index is 12.2. The molecule has 1 aromatic heterocycles. The fourth-order valence-corrected chi connectivity index (χ4v) is 4.86. The van der Waals surface area contributed by atoms with E-state index in [-0.39, 0.29) is 0 Å². The molecular weight excluding hydrogens is 304 g/mol. The van der Waals surface area contributed by atoms with Crippen molar-refractivity contribution in [1.29, 1.82) is 0 Å². The summed E-state index contributed by atoms with van der Waals surface area (Å²) >= 11 is 1.35. The van der Waals surface area contributed by atoms with Crippen LogP contribution in [0, 0.1) is 6.92 Å². The first-order chi connectivity index (χ1) is 10.0. The van der Waals surface area contributed by atoms with E-state index >= 15 is 0 Å². The molecule has 0 atom stereocenters. The molecule has 4 nitrogen and oxygen atoms in total. The third-order valence-corrected chi connectivity index (χ3v) is 6.59. The number of rotatable bonds is 11. The van der Waals surface area contributed by atoms with Crippen LogP contribution in [-0.2, 0) is 16.6 Å². The number of nitrogens with one attached hydrogen (secondary N) is 2. The molecule has 0 amide bonds. The van der Waals surface area contributed by atoms with Gasteiger partial charge in [0.05, 0.1) is 0 Å². The highest BCUT2D eigenvalue weighted by Gasteiger charge is 2.17. The van der Waals surface area contributed by atoms with E-state index in [2.05, 4.69) is 17.0 Å². The van der Waals surface area contributed by atoms with Crippen molar-refractivity contribution in [3.63, 3.8) is 0 Å². The second-order valence-corrected chi connectivity index (χ2v) is 8.50. The minimum Gasteiger partial charge on any atom is -0.315 e. The molecule has 0 saturated heterocycles. The van der Waals surface area contributed by atoms with E-state index in [0.29, 0.717) is 17.3 Å². The van der Waals surface area contributed by atoms with E-state index in [1.54, 1.807) is 6.07 Å². The zero-order chi connectivity index (χ0) is 15.7. The summed E-state index contributed by atoms with van der Waals surface area (Å²) < 4.78 is 27.6. The predicted molar refractivity (Wildman–Crippen MR) is 90.4 cm³/mol. The van der Waals surface area contributed by atoms with Crippen LogP contribution in [0.3, 0.4) is 0 Å². The van der Waals surface area contributed by atoms with Gasteiger partial charge in [-0.05, 0) is 32.0 Å². The molecule has 0 aliphatic heterocycles. The Morgan fingerprint density at radius 2 is 1.81 bits per heavy atom. The summed E-state index contributed by atoms with van der Waals surface area (Å²) in [7, 11) is -1.47. The molecule has 0 spiro atoms. The summed E-state index contributed by atoms with van der Waals surface area (Å²) in [6, 6.07) is 1.76. The highest BCUT2D eigenvalue weighted by Crippen LogP contribution is 2.25. The van der Waals surface area contributed by atoms with Gasteiger partial charge in [0.25, 0.3) is 0 Å². The average molecular weight is 333 g/mol. The normalized spacial score (nSPS) is 12.0. The summed E-state index contributed by atoms with van der Waals surface area (Å²) in [5, 5.41) is 3.06. The van der Waals surface area contributed by atoms with Crippen molar-refractivity contribution < 1.29 is 8.42 Å². The van der Waals surface area contributed by atoms with Gasteiger partial charge in [-0.15, -0.1) is 11.3 Å². The average Bonchev–Trinajstić information content (AvgIpc) is 2.81. The lowest BCUT2D eigenvalue weighted by Gasteiger charge is -2.04. The second-order valence-electron chi connectivity index (χ2n) is 5.37. The molecular formula is C15H28N2O2S2. The molecule has 0 fully saturated rings. The molecule has 6 heteroatoms. The number of hydrogen-bond acceptors (Lipinski definition) is 4. The van der Waals surface area contributed by atoms with Gasteiger partial charge in [0, 0.05) is 18.0 Å². The molecule has 0 aliphatic carbocycles. The highest BCUT2D eigenvalue weighted by atomic mass is 32.2. The number of unbranched alkanes of at least 4 members (excludes halogenated alkanes) is 5.